The smallest absolute Gasteiger partial charge is 0.238 e. The zero-order valence-electron chi connectivity index (χ0n) is 15.0. The van der Waals surface area contributed by atoms with Gasteiger partial charge in [0.05, 0.1) is 12.1 Å². The second-order valence-electron chi connectivity index (χ2n) is 6.40. The highest BCUT2D eigenvalue weighted by atomic mass is 32.1. The van der Waals surface area contributed by atoms with Gasteiger partial charge >= 0.3 is 0 Å². The number of hydrogen-bond acceptors (Lipinski definition) is 1. The number of aromatic nitrogens is 2. The Kier molecular flexibility index (Phi) is 4.02. The van der Waals surface area contributed by atoms with Gasteiger partial charge in [-0.1, -0.05) is 29.5 Å². The van der Waals surface area contributed by atoms with Crippen molar-refractivity contribution in [1.82, 2.24) is 0 Å². The van der Waals surface area contributed by atoms with Crippen LogP contribution in [0.3, 0.4) is 0 Å². The van der Waals surface area contributed by atoms with Crippen LogP contribution in [0.1, 0.15) is 11.3 Å². The molecule has 0 amide bonds. The SMILES string of the molecule is [C-]#[N+]c1cc(-c2sc3ccccc3[n+]2C)c(C)c(-[n+]2ccccc2C)c1. The summed E-state index contributed by atoms with van der Waals surface area (Å²) < 4.78 is 5.63. The van der Waals surface area contributed by atoms with Gasteiger partial charge in [-0.25, -0.2) is 4.85 Å². The standard InChI is InChI=1S/C22H19N3S/c1-15-9-7-8-12-25(15)20-14-17(23-3)13-18(16(20)2)22-24(4)19-10-5-6-11-21(19)26-22/h5-14H,1-2,4H3/q+2. The predicted octanol–water partition coefficient (Wildman–Crippen LogP) is 4.84. The van der Waals surface area contributed by atoms with Gasteiger partial charge < -0.3 is 0 Å². The molecule has 0 aliphatic rings. The number of pyridine rings is 1. The van der Waals surface area contributed by atoms with E-state index >= 15 is 0 Å². The summed E-state index contributed by atoms with van der Waals surface area (Å²) in [5, 5.41) is 1.17. The molecule has 26 heavy (non-hydrogen) atoms. The van der Waals surface area contributed by atoms with Gasteiger partial charge in [0.25, 0.3) is 5.01 Å². The summed E-state index contributed by atoms with van der Waals surface area (Å²) >= 11 is 1.77. The van der Waals surface area contributed by atoms with E-state index in [2.05, 4.69) is 71.4 Å². The van der Waals surface area contributed by atoms with E-state index in [-0.39, 0.29) is 0 Å². The zero-order chi connectivity index (χ0) is 18.3. The monoisotopic (exact) mass is 357 g/mol. The molecule has 3 nitrogen and oxygen atoms in total. The van der Waals surface area contributed by atoms with Crippen LogP contribution >= 0.6 is 11.3 Å². The molecule has 0 aliphatic carbocycles. The molecule has 0 N–H and O–H groups in total. The molecule has 0 saturated heterocycles. The summed E-state index contributed by atoms with van der Waals surface area (Å²) in [6, 6.07) is 18.6. The van der Waals surface area contributed by atoms with Gasteiger partial charge in [0.2, 0.25) is 11.2 Å². The summed E-state index contributed by atoms with van der Waals surface area (Å²) in [5.41, 5.74) is 6.37. The molecule has 0 aliphatic heterocycles. The van der Waals surface area contributed by atoms with E-state index in [0.717, 1.165) is 16.9 Å². The van der Waals surface area contributed by atoms with Crippen molar-refractivity contribution in [3.8, 4) is 16.3 Å². The Hall–Kier alpha value is -3.03. The van der Waals surface area contributed by atoms with Crippen LogP contribution in [-0.2, 0) is 7.05 Å². The van der Waals surface area contributed by atoms with Crippen LogP contribution in [0.15, 0.2) is 60.8 Å². The molecule has 4 rings (SSSR count). The first-order chi connectivity index (χ1) is 12.6. The molecule has 0 saturated carbocycles. The van der Waals surface area contributed by atoms with Gasteiger partial charge in [0, 0.05) is 36.8 Å². The molecule has 0 fully saturated rings. The molecule has 2 heterocycles. The Balaban J connectivity index is 2.03. The van der Waals surface area contributed by atoms with Crippen molar-refractivity contribution in [1.29, 1.82) is 0 Å². The fourth-order valence-electron chi connectivity index (χ4n) is 3.36. The van der Waals surface area contributed by atoms with Crippen LogP contribution in [0.4, 0.5) is 5.69 Å². The molecule has 0 atom stereocenters. The van der Waals surface area contributed by atoms with Gasteiger partial charge in [-0.2, -0.15) is 9.13 Å². The highest BCUT2D eigenvalue weighted by Crippen LogP contribution is 2.34. The maximum atomic E-state index is 7.56. The highest BCUT2D eigenvalue weighted by molar-refractivity contribution is 7.21. The van der Waals surface area contributed by atoms with E-state index in [1.807, 2.05) is 24.3 Å². The first kappa shape index (κ1) is 16.4. The quantitative estimate of drug-likeness (QED) is 0.360. The van der Waals surface area contributed by atoms with E-state index in [0.29, 0.717) is 5.69 Å². The lowest BCUT2D eigenvalue weighted by Crippen LogP contribution is -2.35. The maximum absolute atomic E-state index is 7.56. The number of nitrogens with zero attached hydrogens (tertiary/aromatic N) is 3. The van der Waals surface area contributed by atoms with Crippen LogP contribution in [0.25, 0.3) is 31.3 Å². The van der Waals surface area contributed by atoms with Crippen molar-refractivity contribution in [2.45, 2.75) is 13.8 Å². The molecule has 0 radical (unpaired) electrons. The Morgan fingerprint density at radius 1 is 1.00 bits per heavy atom. The van der Waals surface area contributed by atoms with Gasteiger partial charge in [-0.3, -0.25) is 0 Å². The van der Waals surface area contributed by atoms with E-state index in [9.17, 15) is 0 Å². The van der Waals surface area contributed by atoms with E-state index < -0.39 is 0 Å². The molecule has 2 aromatic carbocycles. The van der Waals surface area contributed by atoms with Crippen LogP contribution in [0, 0.1) is 20.4 Å². The Morgan fingerprint density at radius 2 is 1.77 bits per heavy atom. The minimum atomic E-state index is 0.661. The third-order valence-corrected chi connectivity index (χ3v) is 6.04. The first-order valence-corrected chi connectivity index (χ1v) is 9.29. The second kappa shape index (κ2) is 6.36. The van der Waals surface area contributed by atoms with Gasteiger partial charge in [-0.15, -0.1) is 0 Å². The average molecular weight is 357 g/mol. The minimum absolute atomic E-state index is 0.661. The summed E-state index contributed by atoms with van der Waals surface area (Å²) in [4.78, 5) is 3.73. The first-order valence-electron chi connectivity index (χ1n) is 8.48. The number of aryl methyl sites for hydroxylation is 2. The number of para-hydroxylation sites is 1. The fourth-order valence-corrected chi connectivity index (χ4v) is 4.58. The van der Waals surface area contributed by atoms with Crippen molar-refractivity contribution >= 4 is 27.2 Å². The Labute approximate surface area is 157 Å². The molecule has 4 aromatic rings. The zero-order valence-corrected chi connectivity index (χ0v) is 15.8. The third kappa shape index (κ3) is 2.58. The Bertz CT molecular complexity index is 1180. The third-order valence-electron chi connectivity index (χ3n) is 4.79. The van der Waals surface area contributed by atoms with Gasteiger partial charge in [0.1, 0.15) is 11.7 Å². The topological polar surface area (TPSA) is 12.1 Å². The largest absolute Gasteiger partial charge is 0.269 e. The van der Waals surface area contributed by atoms with Crippen molar-refractivity contribution in [2.24, 2.45) is 7.05 Å². The summed E-state index contributed by atoms with van der Waals surface area (Å²) in [7, 11) is 2.10. The van der Waals surface area contributed by atoms with E-state index in [1.54, 1.807) is 11.3 Å². The fraction of sp³-hybridized carbons (Fsp3) is 0.136. The summed E-state index contributed by atoms with van der Waals surface area (Å²) in [6.07, 6.45) is 2.06. The average Bonchev–Trinajstić information content (AvgIpc) is 2.99. The van der Waals surface area contributed by atoms with Crippen molar-refractivity contribution < 1.29 is 9.13 Å². The second-order valence-corrected chi connectivity index (χ2v) is 7.43. The number of fused-ring (bicyclic) bond motifs is 1. The molecular formula is C22H19N3S+2. The van der Waals surface area contributed by atoms with Gasteiger partial charge in [-0.05, 0) is 19.1 Å². The molecule has 4 heteroatoms. The number of thiazole rings is 1. The number of benzene rings is 2. The van der Waals surface area contributed by atoms with Crippen LogP contribution in [-0.4, -0.2) is 0 Å². The molecule has 0 bridgehead atoms. The van der Waals surface area contributed by atoms with Crippen molar-refractivity contribution in [3.05, 3.63) is 83.5 Å². The van der Waals surface area contributed by atoms with Crippen LogP contribution in [0.2, 0.25) is 0 Å². The molecule has 0 spiro atoms. The molecule has 126 valence electrons. The predicted molar refractivity (Wildman–Crippen MR) is 106 cm³/mol. The van der Waals surface area contributed by atoms with E-state index in [1.165, 1.54) is 20.8 Å². The molecule has 2 aromatic heterocycles. The van der Waals surface area contributed by atoms with Gasteiger partial charge in [0.15, 0.2) is 17.6 Å². The normalized spacial score (nSPS) is 10.8. The Morgan fingerprint density at radius 3 is 2.50 bits per heavy atom. The highest BCUT2D eigenvalue weighted by Gasteiger charge is 2.25. The molecular weight excluding hydrogens is 338 g/mol. The number of rotatable bonds is 2. The van der Waals surface area contributed by atoms with Crippen molar-refractivity contribution in [3.63, 3.8) is 0 Å². The summed E-state index contributed by atoms with van der Waals surface area (Å²) in [5.74, 6) is 0. The lowest BCUT2D eigenvalue weighted by atomic mass is 10.0. The van der Waals surface area contributed by atoms with Crippen LogP contribution < -0.4 is 9.13 Å². The van der Waals surface area contributed by atoms with Crippen LogP contribution in [0.5, 0.6) is 0 Å². The van der Waals surface area contributed by atoms with E-state index in [4.69, 9.17) is 6.57 Å². The summed E-state index contributed by atoms with van der Waals surface area (Å²) in [6.45, 7) is 11.8. The minimum Gasteiger partial charge on any atom is -0.238 e. The lowest BCUT2D eigenvalue weighted by Gasteiger charge is -2.07. The van der Waals surface area contributed by atoms with Crippen molar-refractivity contribution in [2.75, 3.05) is 0 Å². The lowest BCUT2D eigenvalue weighted by molar-refractivity contribution is -0.629. The molecule has 0 unspecified atom stereocenters. The number of hydrogen-bond donors (Lipinski definition) is 0. The maximum Gasteiger partial charge on any atom is 0.269 e.